The Balaban J connectivity index is 2.23. The Morgan fingerprint density at radius 2 is 2.29 bits per heavy atom. The topological polar surface area (TPSA) is 47.5 Å². The lowest BCUT2D eigenvalue weighted by Gasteiger charge is -2.00. The molecule has 3 rings (SSSR count). The number of thiazole rings is 1. The van der Waals surface area contributed by atoms with Gasteiger partial charge in [-0.05, 0) is 24.3 Å². The van der Waals surface area contributed by atoms with Crippen LogP contribution in [0.2, 0.25) is 0 Å². The van der Waals surface area contributed by atoms with Gasteiger partial charge in [0.05, 0.1) is 23.0 Å². The zero-order valence-corrected chi connectivity index (χ0v) is 11.6. The van der Waals surface area contributed by atoms with Crippen molar-refractivity contribution in [2.45, 2.75) is 6.54 Å². The fraction of sp³-hybridized carbons (Fsp3) is 0.0667. The number of terminal acetylenes is 1. The van der Waals surface area contributed by atoms with E-state index in [4.69, 9.17) is 10.8 Å². The molecule has 0 aliphatic carbocycles. The summed E-state index contributed by atoms with van der Waals surface area (Å²) >= 11 is 1.20. The molecule has 0 radical (unpaired) electrons. The Morgan fingerprint density at radius 3 is 3.00 bits per heavy atom. The van der Waals surface area contributed by atoms with Crippen molar-refractivity contribution in [2.24, 2.45) is 4.99 Å². The summed E-state index contributed by atoms with van der Waals surface area (Å²) in [5.41, 5.74) is 0.353. The third kappa shape index (κ3) is 2.39. The van der Waals surface area contributed by atoms with Gasteiger partial charge >= 0.3 is 5.91 Å². The summed E-state index contributed by atoms with van der Waals surface area (Å²) < 4.78 is 21.2. The van der Waals surface area contributed by atoms with Crippen molar-refractivity contribution in [1.82, 2.24) is 4.57 Å². The number of para-hydroxylation sites is 1. The van der Waals surface area contributed by atoms with Gasteiger partial charge in [0.1, 0.15) is 5.82 Å². The van der Waals surface area contributed by atoms with Gasteiger partial charge in [0, 0.05) is 0 Å². The highest BCUT2D eigenvalue weighted by atomic mass is 32.1. The summed E-state index contributed by atoms with van der Waals surface area (Å²) in [6, 6.07) is 7.83. The van der Waals surface area contributed by atoms with E-state index in [1.165, 1.54) is 34.3 Å². The molecule has 104 valence electrons. The van der Waals surface area contributed by atoms with Crippen molar-refractivity contribution in [3.05, 3.63) is 53.0 Å². The van der Waals surface area contributed by atoms with E-state index in [0.717, 1.165) is 0 Å². The average molecular weight is 300 g/mol. The summed E-state index contributed by atoms with van der Waals surface area (Å²) in [4.78, 5) is 16.3. The maximum Gasteiger partial charge on any atom is 0.315 e. The van der Waals surface area contributed by atoms with Crippen LogP contribution in [-0.2, 0) is 6.54 Å². The van der Waals surface area contributed by atoms with Crippen LogP contribution >= 0.6 is 11.3 Å². The number of fused-ring (bicyclic) bond motifs is 1. The molecule has 0 spiro atoms. The van der Waals surface area contributed by atoms with Gasteiger partial charge in [-0.2, -0.15) is 4.99 Å². The lowest BCUT2D eigenvalue weighted by Crippen LogP contribution is -2.16. The Bertz CT molecular complexity index is 913. The minimum absolute atomic E-state index is 0.125. The summed E-state index contributed by atoms with van der Waals surface area (Å²) in [6.07, 6.45) is 6.71. The zero-order valence-electron chi connectivity index (χ0n) is 10.7. The van der Waals surface area contributed by atoms with Crippen LogP contribution in [0.1, 0.15) is 10.6 Å². The molecular formula is C15H9FN2O2S. The number of halogens is 1. The second kappa shape index (κ2) is 5.38. The lowest BCUT2D eigenvalue weighted by atomic mass is 10.3. The van der Waals surface area contributed by atoms with Gasteiger partial charge in [-0.1, -0.05) is 23.3 Å². The maximum absolute atomic E-state index is 14.0. The SMILES string of the molecule is C#CCn1c(=NC(=O)c2ccco2)sc2cccc(F)c21. The number of amides is 1. The molecule has 0 saturated heterocycles. The van der Waals surface area contributed by atoms with E-state index in [1.54, 1.807) is 18.2 Å². The second-order valence-corrected chi connectivity index (χ2v) is 5.16. The van der Waals surface area contributed by atoms with E-state index in [9.17, 15) is 9.18 Å². The molecule has 1 amide bonds. The first-order valence-corrected chi connectivity index (χ1v) is 6.86. The Kier molecular flexibility index (Phi) is 3.42. The number of aromatic nitrogens is 1. The first-order valence-electron chi connectivity index (χ1n) is 6.04. The van der Waals surface area contributed by atoms with Crippen LogP contribution < -0.4 is 4.80 Å². The number of benzene rings is 1. The number of carbonyl (C=O) groups is 1. The van der Waals surface area contributed by atoms with E-state index in [-0.39, 0.29) is 12.3 Å². The number of rotatable bonds is 2. The monoisotopic (exact) mass is 300 g/mol. The predicted octanol–water partition coefficient (Wildman–Crippen LogP) is 2.81. The van der Waals surface area contributed by atoms with Crippen molar-refractivity contribution < 1.29 is 13.6 Å². The molecule has 3 aromatic rings. The first-order chi connectivity index (χ1) is 10.2. The molecule has 0 bridgehead atoms. The highest BCUT2D eigenvalue weighted by molar-refractivity contribution is 7.16. The molecule has 0 N–H and O–H groups in total. The molecule has 0 fully saturated rings. The summed E-state index contributed by atoms with van der Waals surface area (Å²) in [5, 5.41) is 0. The third-order valence-corrected chi connectivity index (χ3v) is 3.87. The Hall–Kier alpha value is -2.65. The highest BCUT2D eigenvalue weighted by Gasteiger charge is 2.12. The Labute approximate surface area is 123 Å². The average Bonchev–Trinajstić information content (AvgIpc) is 3.09. The second-order valence-electron chi connectivity index (χ2n) is 4.16. The van der Waals surface area contributed by atoms with Gasteiger partial charge in [-0.15, -0.1) is 6.42 Å². The van der Waals surface area contributed by atoms with Gasteiger partial charge in [0.2, 0.25) is 0 Å². The van der Waals surface area contributed by atoms with E-state index in [1.807, 2.05) is 0 Å². The fourth-order valence-electron chi connectivity index (χ4n) is 1.95. The van der Waals surface area contributed by atoms with Gasteiger partial charge in [-0.3, -0.25) is 4.79 Å². The molecule has 0 unspecified atom stereocenters. The minimum atomic E-state index is -0.530. The number of hydrogen-bond donors (Lipinski definition) is 0. The summed E-state index contributed by atoms with van der Waals surface area (Å²) in [7, 11) is 0. The summed E-state index contributed by atoms with van der Waals surface area (Å²) in [5.74, 6) is 1.64. The minimum Gasteiger partial charge on any atom is -0.459 e. The molecule has 21 heavy (non-hydrogen) atoms. The van der Waals surface area contributed by atoms with Crippen LogP contribution in [0.4, 0.5) is 4.39 Å². The first kappa shape index (κ1) is 13.3. The molecule has 2 heterocycles. The molecule has 2 aromatic heterocycles. The quantitative estimate of drug-likeness (QED) is 0.683. The van der Waals surface area contributed by atoms with Gasteiger partial charge in [0.15, 0.2) is 10.6 Å². The van der Waals surface area contributed by atoms with Gasteiger partial charge in [0.25, 0.3) is 0 Å². The molecular weight excluding hydrogens is 291 g/mol. The van der Waals surface area contributed by atoms with Crippen LogP contribution in [0, 0.1) is 18.2 Å². The van der Waals surface area contributed by atoms with Crippen LogP contribution in [0.5, 0.6) is 0 Å². The fourth-order valence-corrected chi connectivity index (χ4v) is 2.99. The molecule has 1 aromatic carbocycles. The maximum atomic E-state index is 14.0. The highest BCUT2D eigenvalue weighted by Crippen LogP contribution is 2.20. The number of nitrogens with zero attached hydrogens (tertiary/aromatic N) is 2. The van der Waals surface area contributed by atoms with E-state index in [0.29, 0.717) is 15.0 Å². The largest absolute Gasteiger partial charge is 0.459 e. The molecule has 0 saturated carbocycles. The van der Waals surface area contributed by atoms with Crippen molar-refractivity contribution in [3.63, 3.8) is 0 Å². The van der Waals surface area contributed by atoms with Gasteiger partial charge in [-0.25, -0.2) is 4.39 Å². The van der Waals surface area contributed by atoms with Crippen molar-refractivity contribution >= 4 is 27.5 Å². The van der Waals surface area contributed by atoms with Crippen molar-refractivity contribution in [1.29, 1.82) is 0 Å². The molecule has 0 aliphatic heterocycles. The zero-order chi connectivity index (χ0) is 14.8. The summed E-state index contributed by atoms with van der Waals surface area (Å²) in [6.45, 7) is 0.130. The van der Waals surface area contributed by atoms with Crippen LogP contribution in [0.25, 0.3) is 10.2 Å². The van der Waals surface area contributed by atoms with Crippen LogP contribution in [0.3, 0.4) is 0 Å². The normalized spacial score (nSPS) is 11.7. The molecule has 0 aliphatic rings. The number of hydrogen-bond acceptors (Lipinski definition) is 3. The van der Waals surface area contributed by atoms with Gasteiger partial charge < -0.3 is 8.98 Å². The molecule has 6 heteroatoms. The van der Waals surface area contributed by atoms with Crippen molar-refractivity contribution in [2.75, 3.05) is 0 Å². The Morgan fingerprint density at radius 1 is 1.43 bits per heavy atom. The predicted molar refractivity (Wildman–Crippen MR) is 77.2 cm³/mol. The standard InChI is InChI=1S/C15H9FN2O2S/c1-2-8-18-13-10(16)5-3-7-12(13)21-15(18)17-14(19)11-6-4-9-20-11/h1,3-7,9H,8H2. The molecule has 4 nitrogen and oxygen atoms in total. The number of furan rings is 1. The van der Waals surface area contributed by atoms with Crippen LogP contribution in [0.15, 0.2) is 46.0 Å². The smallest absolute Gasteiger partial charge is 0.315 e. The van der Waals surface area contributed by atoms with E-state index in [2.05, 4.69) is 10.9 Å². The van der Waals surface area contributed by atoms with E-state index < -0.39 is 11.7 Å². The van der Waals surface area contributed by atoms with Crippen molar-refractivity contribution in [3.8, 4) is 12.3 Å². The third-order valence-electron chi connectivity index (χ3n) is 2.83. The van der Waals surface area contributed by atoms with E-state index >= 15 is 0 Å². The van der Waals surface area contributed by atoms with Crippen LogP contribution in [-0.4, -0.2) is 10.5 Å². The molecule has 0 atom stereocenters. The lowest BCUT2D eigenvalue weighted by molar-refractivity contribution is 0.0971. The number of carbonyl (C=O) groups excluding carboxylic acids is 1.